The van der Waals surface area contributed by atoms with Crippen LogP contribution in [-0.4, -0.2) is 37.6 Å². The molecule has 1 aromatic rings. The molecule has 2 aliphatic rings. The van der Waals surface area contributed by atoms with Gasteiger partial charge < -0.3 is 20.1 Å². The number of methoxy groups -OCH3 is 1. The molecule has 0 aliphatic carbocycles. The molecule has 8 heteroatoms. The largest absolute Gasteiger partial charge is 0.497 e. The van der Waals surface area contributed by atoms with Gasteiger partial charge in [0.1, 0.15) is 5.75 Å². The van der Waals surface area contributed by atoms with Gasteiger partial charge in [0.2, 0.25) is 0 Å². The molecule has 2 N–H and O–H groups in total. The first-order valence-electron chi connectivity index (χ1n) is 7.80. The Morgan fingerprint density at radius 3 is 2.50 bits per heavy atom. The van der Waals surface area contributed by atoms with Crippen LogP contribution in [0.15, 0.2) is 24.3 Å². The molecule has 5 nitrogen and oxygen atoms in total. The van der Waals surface area contributed by atoms with E-state index in [4.69, 9.17) is 9.47 Å². The first kappa shape index (κ1) is 16.9. The molecule has 4 atom stereocenters. The summed E-state index contributed by atoms with van der Waals surface area (Å²) < 4.78 is 50.5. The molecule has 0 saturated carbocycles. The monoisotopic (exact) mass is 344 g/mol. The van der Waals surface area contributed by atoms with Crippen LogP contribution in [0, 0.1) is 0 Å². The molecular formula is C16H19F3N2O3. The molecule has 2 amide bonds. The summed E-state index contributed by atoms with van der Waals surface area (Å²) in [5.41, 5.74) is -0.0531. The summed E-state index contributed by atoms with van der Waals surface area (Å²) in [7, 11) is 1.43. The zero-order valence-corrected chi connectivity index (χ0v) is 13.1. The van der Waals surface area contributed by atoms with Crippen molar-refractivity contribution in [3.8, 4) is 5.75 Å². The van der Waals surface area contributed by atoms with E-state index in [0.717, 1.165) is 12.8 Å². The molecule has 0 spiro atoms. The quantitative estimate of drug-likeness (QED) is 0.883. The molecule has 2 heterocycles. The van der Waals surface area contributed by atoms with Gasteiger partial charge in [0, 0.05) is 0 Å². The lowest BCUT2D eigenvalue weighted by Gasteiger charge is -2.25. The van der Waals surface area contributed by atoms with Crippen LogP contribution < -0.4 is 15.4 Å². The molecule has 2 bridgehead atoms. The van der Waals surface area contributed by atoms with Gasteiger partial charge in [-0.2, -0.15) is 13.2 Å². The number of fused-ring (bicyclic) bond motifs is 2. The maximum absolute atomic E-state index is 13.3. The third-order valence-corrected chi connectivity index (χ3v) is 4.47. The number of alkyl halides is 3. The van der Waals surface area contributed by atoms with E-state index in [9.17, 15) is 18.0 Å². The summed E-state index contributed by atoms with van der Waals surface area (Å²) in [6.07, 6.45) is -2.15. The Labute approximate surface area is 137 Å². The fourth-order valence-electron chi connectivity index (χ4n) is 3.28. The van der Waals surface area contributed by atoms with E-state index >= 15 is 0 Å². The summed E-state index contributed by atoms with van der Waals surface area (Å²) in [5, 5.41) is 4.63. The number of nitrogens with one attached hydrogen (secondary N) is 2. The number of carbonyl (C=O) groups excluding carboxylic acids is 1. The lowest BCUT2D eigenvalue weighted by Crippen LogP contribution is -2.49. The summed E-state index contributed by atoms with van der Waals surface area (Å²) in [6.45, 7) is 0. The maximum atomic E-state index is 13.3. The number of halogens is 3. The van der Waals surface area contributed by atoms with Crippen molar-refractivity contribution in [1.29, 1.82) is 0 Å². The third kappa shape index (κ3) is 3.58. The topological polar surface area (TPSA) is 59.6 Å². The first-order valence-corrected chi connectivity index (χ1v) is 7.80. The van der Waals surface area contributed by atoms with E-state index in [0.29, 0.717) is 12.2 Å². The molecule has 24 heavy (non-hydrogen) atoms. The Kier molecular flexibility index (Phi) is 4.58. The van der Waals surface area contributed by atoms with Crippen molar-refractivity contribution >= 4 is 6.03 Å². The van der Waals surface area contributed by atoms with E-state index < -0.39 is 18.2 Å². The minimum Gasteiger partial charge on any atom is -0.497 e. The van der Waals surface area contributed by atoms with Gasteiger partial charge in [-0.3, -0.25) is 0 Å². The van der Waals surface area contributed by atoms with Crippen LogP contribution in [0.3, 0.4) is 0 Å². The molecule has 2 fully saturated rings. The maximum Gasteiger partial charge on any atom is 0.412 e. The van der Waals surface area contributed by atoms with Crippen molar-refractivity contribution in [2.45, 2.75) is 49.7 Å². The van der Waals surface area contributed by atoms with Gasteiger partial charge in [0.15, 0.2) is 6.04 Å². The van der Waals surface area contributed by atoms with Gasteiger partial charge >= 0.3 is 12.2 Å². The lowest BCUT2D eigenvalue weighted by atomic mass is 9.96. The van der Waals surface area contributed by atoms with Crippen LogP contribution in [0.25, 0.3) is 0 Å². The SMILES string of the molecule is COc1ccc(C(NC(=O)NC2CC3CCC2O3)C(F)(F)F)cc1. The minimum atomic E-state index is -4.60. The molecule has 0 radical (unpaired) electrons. The fourth-order valence-corrected chi connectivity index (χ4v) is 3.28. The molecule has 0 aromatic heterocycles. The van der Waals surface area contributed by atoms with Gasteiger partial charge in [-0.1, -0.05) is 12.1 Å². The van der Waals surface area contributed by atoms with Crippen LogP contribution in [-0.2, 0) is 4.74 Å². The number of hydrogen-bond donors (Lipinski definition) is 2. The predicted molar refractivity (Wildman–Crippen MR) is 79.8 cm³/mol. The van der Waals surface area contributed by atoms with E-state index in [-0.39, 0.29) is 23.8 Å². The third-order valence-electron chi connectivity index (χ3n) is 4.47. The summed E-state index contributed by atoms with van der Waals surface area (Å²) in [4.78, 5) is 12.0. The smallest absolute Gasteiger partial charge is 0.412 e. The highest BCUT2D eigenvalue weighted by atomic mass is 19.4. The second-order valence-electron chi connectivity index (χ2n) is 6.08. The number of rotatable bonds is 4. The van der Waals surface area contributed by atoms with Gasteiger partial charge in [0.25, 0.3) is 0 Å². The first-order chi connectivity index (χ1) is 11.4. The van der Waals surface area contributed by atoms with Crippen LogP contribution in [0.4, 0.5) is 18.0 Å². The average Bonchev–Trinajstić information content (AvgIpc) is 3.14. The van der Waals surface area contributed by atoms with E-state index in [1.807, 2.05) is 5.32 Å². The van der Waals surface area contributed by atoms with Gasteiger partial charge in [-0.25, -0.2) is 4.79 Å². The average molecular weight is 344 g/mol. The predicted octanol–water partition coefficient (Wildman–Crippen LogP) is 2.92. The Morgan fingerprint density at radius 2 is 2.00 bits per heavy atom. The van der Waals surface area contributed by atoms with Crippen molar-refractivity contribution in [2.75, 3.05) is 7.11 Å². The van der Waals surface area contributed by atoms with Gasteiger partial charge in [-0.05, 0) is 37.0 Å². The highest BCUT2D eigenvalue weighted by molar-refractivity contribution is 5.75. The lowest BCUT2D eigenvalue weighted by molar-refractivity contribution is -0.155. The Hall–Kier alpha value is -1.96. The number of urea groups is 1. The summed E-state index contributed by atoms with van der Waals surface area (Å²) >= 11 is 0. The molecule has 4 unspecified atom stereocenters. The van der Waals surface area contributed by atoms with Crippen molar-refractivity contribution in [3.05, 3.63) is 29.8 Å². The Balaban J connectivity index is 1.66. The Bertz CT molecular complexity index is 591. The highest BCUT2D eigenvalue weighted by Crippen LogP contribution is 2.35. The highest BCUT2D eigenvalue weighted by Gasteiger charge is 2.44. The molecule has 1 aromatic carbocycles. The second-order valence-corrected chi connectivity index (χ2v) is 6.08. The van der Waals surface area contributed by atoms with Crippen LogP contribution in [0.2, 0.25) is 0 Å². The van der Waals surface area contributed by atoms with Crippen LogP contribution in [0.1, 0.15) is 30.9 Å². The fraction of sp³-hybridized carbons (Fsp3) is 0.562. The van der Waals surface area contributed by atoms with Crippen molar-refractivity contribution < 1.29 is 27.4 Å². The standard InChI is InChI=1S/C16H19F3N2O3/c1-23-10-4-2-9(3-5-10)14(16(17,18)19)21-15(22)20-12-8-11-6-7-13(12)24-11/h2-5,11-14H,6-8H2,1H3,(H2,20,21,22). The molecule has 132 valence electrons. The van der Waals surface area contributed by atoms with Gasteiger partial charge in [0.05, 0.1) is 25.4 Å². The zero-order valence-electron chi connectivity index (χ0n) is 13.1. The second kappa shape index (κ2) is 6.51. The number of carbonyl (C=O) groups is 1. The Morgan fingerprint density at radius 1 is 1.29 bits per heavy atom. The minimum absolute atomic E-state index is 0.0531. The molecule has 2 saturated heterocycles. The number of ether oxygens (including phenoxy) is 2. The molecule has 2 aliphatic heterocycles. The van der Waals surface area contributed by atoms with E-state index in [2.05, 4.69) is 5.32 Å². The van der Waals surface area contributed by atoms with Crippen molar-refractivity contribution in [1.82, 2.24) is 10.6 Å². The molecular weight excluding hydrogens is 325 g/mol. The molecule has 3 rings (SSSR count). The summed E-state index contributed by atoms with van der Waals surface area (Å²) in [5.74, 6) is 0.447. The van der Waals surface area contributed by atoms with E-state index in [1.54, 1.807) is 0 Å². The van der Waals surface area contributed by atoms with Crippen LogP contribution in [0.5, 0.6) is 5.75 Å². The van der Waals surface area contributed by atoms with Crippen molar-refractivity contribution in [2.24, 2.45) is 0 Å². The number of benzene rings is 1. The normalized spacial score (nSPS) is 26.9. The van der Waals surface area contributed by atoms with E-state index in [1.165, 1.54) is 31.4 Å². The van der Waals surface area contributed by atoms with Crippen molar-refractivity contribution in [3.63, 3.8) is 0 Å². The zero-order chi connectivity index (χ0) is 17.3. The number of amides is 2. The van der Waals surface area contributed by atoms with Gasteiger partial charge in [-0.15, -0.1) is 0 Å². The number of hydrogen-bond acceptors (Lipinski definition) is 3. The summed E-state index contributed by atoms with van der Waals surface area (Å²) in [6, 6.07) is 2.29. The van der Waals surface area contributed by atoms with Crippen LogP contribution >= 0.6 is 0 Å².